The lowest BCUT2D eigenvalue weighted by atomic mass is 10.1. The number of guanidine groups is 2. The first-order chi connectivity index (χ1) is 12.1. The van der Waals surface area contributed by atoms with E-state index in [-0.39, 0.29) is 35.6 Å². The topological polar surface area (TPSA) is 187 Å². The van der Waals surface area contributed by atoms with Gasteiger partial charge in [0.2, 0.25) is 0 Å². The Morgan fingerprint density at radius 3 is 1.27 bits per heavy atom. The second kappa shape index (κ2) is 16.3. The fraction of sp³-hybridized carbons (Fsp3) is 0.750. The van der Waals surface area contributed by atoms with E-state index in [0.29, 0.717) is 13.1 Å². The summed E-state index contributed by atoms with van der Waals surface area (Å²) in [4.78, 5) is 29.6. The van der Waals surface area contributed by atoms with Gasteiger partial charge in [0.05, 0.1) is 12.1 Å². The van der Waals surface area contributed by atoms with Gasteiger partial charge in [-0.05, 0) is 53.6 Å². The number of nitrogens with zero attached hydrogens (tertiary/aromatic N) is 2. The lowest BCUT2D eigenvalue weighted by Crippen LogP contribution is -2.32. The molecule has 0 aromatic carbocycles. The molecule has 0 aromatic heterocycles. The van der Waals surface area contributed by atoms with Crippen LogP contribution in [0.1, 0.15) is 39.5 Å². The molecule has 0 rings (SSSR count). The number of rotatable bonds is 12. The molecule has 0 heterocycles. The summed E-state index contributed by atoms with van der Waals surface area (Å²) in [7, 11) is 3.54. The van der Waals surface area contributed by atoms with Gasteiger partial charge in [-0.3, -0.25) is 19.6 Å². The van der Waals surface area contributed by atoms with E-state index in [1.807, 2.05) is 0 Å². The first-order valence-electron chi connectivity index (χ1n) is 8.61. The molecule has 2 atom stereocenters. The minimum atomic E-state index is -0.0748. The highest BCUT2D eigenvalue weighted by atomic mass is 16.1. The van der Waals surface area contributed by atoms with Crippen molar-refractivity contribution < 1.29 is 9.59 Å². The van der Waals surface area contributed by atoms with Crippen molar-refractivity contribution in [3.63, 3.8) is 0 Å². The summed E-state index contributed by atoms with van der Waals surface area (Å²) in [5.41, 5.74) is 20.6. The number of carbonyl (C=O) groups excluding carboxylic acids is 2. The van der Waals surface area contributed by atoms with Gasteiger partial charge in [-0.2, -0.15) is 0 Å². The van der Waals surface area contributed by atoms with Crippen LogP contribution in [0.4, 0.5) is 0 Å². The van der Waals surface area contributed by atoms with Crippen molar-refractivity contribution in [2.24, 2.45) is 32.9 Å². The molecule has 0 saturated heterocycles. The Bertz CT molecular complexity index is 415. The average Bonchev–Trinajstić information content (AvgIpc) is 2.54. The maximum absolute atomic E-state index is 11.0. The lowest BCUT2D eigenvalue weighted by Gasteiger charge is -2.10. The first kappa shape index (κ1) is 26.0. The van der Waals surface area contributed by atoms with Gasteiger partial charge in [0.15, 0.2) is 11.9 Å². The van der Waals surface area contributed by atoms with Crippen molar-refractivity contribution in [2.75, 3.05) is 27.2 Å². The Labute approximate surface area is 156 Å². The normalized spacial score (nSPS) is 12.2. The van der Waals surface area contributed by atoms with Crippen molar-refractivity contribution >= 4 is 23.5 Å². The molecule has 10 nitrogen and oxygen atoms in total. The van der Waals surface area contributed by atoms with Crippen molar-refractivity contribution in [1.29, 1.82) is 0 Å². The van der Waals surface area contributed by atoms with Crippen molar-refractivity contribution in [2.45, 2.75) is 51.6 Å². The number of likely N-dealkylation sites (N-methyl/N-ethyl adjacent to an activating group) is 2. The van der Waals surface area contributed by atoms with E-state index in [1.165, 1.54) is 0 Å². The molecule has 0 fully saturated rings. The molecule has 0 aliphatic carbocycles. The van der Waals surface area contributed by atoms with Crippen molar-refractivity contribution in [1.82, 2.24) is 10.6 Å². The van der Waals surface area contributed by atoms with Gasteiger partial charge in [0.25, 0.3) is 0 Å². The smallest absolute Gasteiger partial charge is 0.185 e. The highest BCUT2D eigenvalue weighted by Crippen LogP contribution is 1.98. The number of aliphatic imine (C=N–C) groups is 2. The number of nitrogens with two attached hydrogens (primary N) is 4. The van der Waals surface area contributed by atoms with Gasteiger partial charge in [-0.25, -0.2) is 0 Å². The zero-order valence-corrected chi connectivity index (χ0v) is 16.4. The van der Waals surface area contributed by atoms with E-state index < -0.39 is 0 Å². The molecular weight excluding hydrogens is 336 g/mol. The van der Waals surface area contributed by atoms with Crippen LogP contribution in [-0.4, -0.2) is 62.8 Å². The third-order valence-electron chi connectivity index (χ3n) is 3.57. The molecule has 0 aliphatic rings. The lowest BCUT2D eigenvalue weighted by molar-refractivity contribution is -0.119. The predicted molar refractivity (Wildman–Crippen MR) is 107 cm³/mol. The molecule has 0 saturated carbocycles. The van der Waals surface area contributed by atoms with E-state index in [2.05, 4.69) is 20.6 Å². The van der Waals surface area contributed by atoms with Gasteiger partial charge >= 0.3 is 0 Å². The average molecular weight is 373 g/mol. The molecule has 0 aromatic rings. The van der Waals surface area contributed by atoms with Crippen LogP contribution in [0.3, 0.4) is 0 Å². The van der Waals surface area contributed by atoms with Gasteiger partial charge in [-0.15, -0.1) is 0 Å². The van der Waals surface area contributed by atoms with E-state index in [4.69, 9.17) is 22.9 Å². The summed E-state index contributed by atoms with van der Waals surface area (Å²) < 4.78 is 0. The summed E-state index contributed by atoms with van der Waals surface area (Å²) in [6.45, 7) is 4.30. The Hall–Kier alpha value is -2.20. The monoisotopic (exact) mass is 372 g/mol. The molecule has 0 aliphatic heterocycles. The Kier molecular flexibility index (Phi) is 16.3. The zero-order valence-electron chi connectivity index (χ0n) is 16.4. The molecule has 0 unspecified atom stereocenters. The number of carbonyl (C=O) groups is 2. The van der Waals surface area contributed by atoms with Crippen LogP contribution in [0.2, 0.25) is 0 Å². The van der Waals surface area contributed by atoms with Crippen molar-refractivity contribution in [3.05, 3.63) is 0 Å². The summed E-state index contributed by atoms with van der Waals surface area (Å²) in [5, 5.41) is 5.86. The number of hydrogen-bond donors (Lipinski definition) is 6. The SMILES string of the molecule is CN[C@@H](CCCN=C(N)N)C(C)=O.CN[C@@H](CCCN=C(N)N)C(C)=O. The fourth-order valence-electron chi connectivity index (χ4n) is 2.11. The van der Waals surface area contributed by atoms with Crippen LogP contribution in [0.25, 0.3) is 0 Å². The Morgan fingerprint density at radius 2 is 1.08 bits per heavy atom. The van der Waals surface area contributed by atoms with Gasteiger partial charge < -0.3 is 33.6 Å². The van der Waals surface area contributed by atoms with E-state index in [1.54, 1.807) is 27.9 Å². The van der Waals surface area contributed by atoms with Crippen LogP contribution in [-0.2, 0) is 9.59 Å². The maximum atomic E-state index is 11.0. The molecule has 152 valence electrons. The number of Topliss-reactive ketones (excluding diaryl/α,β-unsaturated/α-hetero) is 2. The Morgan fingerprint density at radius 1 is 0.769 bits per heavy atom. The van der Waals surface area contributed by atoms with E-state index in [9.17, 15) is 9.59 Å². The summed E-state index contributed by atoms with van der Waals surface area (Å²) >= 11 is 0. The number of nitrogens with one attached hydrogen (secondary N) is 2. The molecule has 0 bridgehead atoms. The molecular formula is C16H36N8O2. The second-order valence-corrected chi connectivity index (χ2v) is 5.80. The van der Waals surface area contributed by atoms with E-state index >= 15 is 0 Å². The second-order valence-electron chi connectivity index (χ2n) is 5.80. The Balaban J connectivity index is 0. The molecule has 0 spiro atoms. The van der Waals surface area contributed by atoms with Crippen LogP contribution in [0.15, 0.2) is 9.98 Å². The number of ketones is 2. The maximum Gasteiger partial charge on any atom is 0.185 e. The van der Waals surface area contributed by atoms with Crippen LogP contribution >= 0.6 is 0 Å². The standard InChI is InChI=1S/2C8H18N4O/c2*1-6(13)7(11-2)4-3-5-12-8(9)10/h2*7,11H,3-5H2,1-2H3,(H4,9,10,12)/t2*7-/m00/s1. The largest absolute Gasteiger partial charge is 0.370 e. The minimum Gasteiger partial charge on any atom is -0.370 e. The van der Waals surface area contributed by atoms with Crippen molar-refractivity contribution in [3.8, 4) is 0 Å². The summed E-state index contributed by atoms with van der Waals surface area (Å²) in [6, 6.07) is -0.150. The summed E-state index contributed by atoms with van der Waals surface area (Å²) in [5.74, 6) is 0.493. The third kappa shape index (κ3) is 16.7. The fourth-order valence-corrected chi connectivity index (χ4v) is 2.11. The van der Waals surface area contributed by atoms with Gasteiger partial charge in [0, 0.05) is 13.1 Å². The van der Waals surface area contributed by atoms with Crippen LogP contribution in [0.5, 0.6) is 0 Å². The first-order valence-corrected chi connectivity index (χ1v) is 8.61. The van der Waals surface area contributed by atoms with Crippen LogP contribution in [0, 0.1) is 0 Å². The highest BCUT2D eigenvalue weighted by Gasteiger charge is 2.10. The highest BCUT2D eigenvalue weighted by molar-refractivity contribution is 5.81. The quantitative estimate of drug-likeness (QED) is 0.135. The van der Waals surface area contributed by atoms with Gasteiger partial charge in [-0.1, -0.05) is 0 Å². The van der Waals surface area contributed by atoms with Crippen LogP contribution < -0.4 is 33.6 Å². The summed E-state index contributed by atoms with van der Waals surface area (Å²) in [6.07, 6.45) is 3.15. The minimum absolute atomic E-state index is 0.0748. The molecule has 0 radical (unpaired) electrons. The zero-order chi connectivity index (χ0) is 20.5. The molecule has 0 amide bonds. The molecule has 10 N–H and O–H groups in total. The predicted octanol–water partition coefficient (Wildman–Crippen LogP) is -1.57. The van der Waals surface area contributed by atoms with E-state index in [0.717, 1.165) is 25.7 Å². The molecule has 10 heteroatoms. The number of hydrogen-bond acceptors (Lipinski definition) is 6. The third-order valence-corrected chi connectivity index (χ3v) is 3.57. The van der Waals surface area contributed by atoms with Gasteiger partial charge in [0.1, 0.15) is 11.6 Å². The molecule has 26 heavy (non-hydrogen) atoms.